The molecule has 4 aromatic rings. The highest BCUT2D eigenvalue weighted by atomic mass is 16.5. The smallest absolute Gasteiger partial charge is 0.343 e. The molecule has 240 valence electrons. The van der Waals surface area contributed by atoms with Crippen LogP contribution in [-0.2, 0) is 9.59 Å². The molecule has 0 bridgehead atoms. The summed E-state index contributed by atoms with van der Waals surface area (Å²) < 4.78 is 11.0. The number of ether oxygens (including phenoxy) is 2. The van der Waals surface area contributed by atoms with Crippen LogP contribution in [0.15, 0.2) is 119 Å². The number of hydrogen-bond donors (Lipinski definition) is 2. The fraction of sp³-hybridized carbons (Fsp3) is 0.189. The van der Waals surface area contributed by atoms with Gasteiger partial charge < -0.3 is 9.47 Å². The third kappa shape index (κ3) is 11.8. The Morgan fingerprint density at radius 2 is 0.851 bits per heavy atom. The number of rotatable bonds is 16. The van der Waals surface area contributed by atoms with Crippen molar-refractivity contribution in [1.29, 1.82) is 0 Å². The molecule has 47 heavy (non-hydrogen) atoms. The van der Waals surface area contributed by atoms with Crippen molar-refractivity contribution < 1.29 is 28.7 Å². The molecule has 0 radical (unpaired) electrons. The lowest BCUT2D eigenvalue weighted by atomic mass is 10.1. The average Bonchev–Trinajstić information content (AvgIpc) is 3.10. The average molecular weight is 633 g/mol. The first kappa shape index (κ1) is 34.0. The highest BCUT2D eigenvalue weighted by molar-refractivity contribution is 5.94. The first-order valence-corrected chi connectivity index (χ1v) is 15.4. The van der Waals surface area contributed by atoms with E-state index in [9.17, 15) is 19.2 Å². The van der Waals surface area contributed by atoms with Crippen LogP contribution in [0.5, 0.6) is 11.5 Å². The van der Waals surface area contributed by atoms with E-state index in [4.69, 9.17) is 9.47 Å². The first-order chi connectivity index (χ1) is 23.0. The Morgan fingerprint density at radius 3 is 1.28 bits per heavy atom. The number of benzene rings is 4. The van der Waals surface area contributed by atoms with Gasteiger partial charge >= 0.3 is 11.9 Å². The van der Waals surface area contributed by atoms with E-state index in [2.05, 4.69) is 21.1 Å². The van der Waals surface area contributed by atoms with Gasteiger partial charge in [-0.3, -0.25) is 9.59 Å². The third-order valence-corrected chi connectivity index (χ3v) is 6.86. The van der Waals surface area contributed by atoms with Gasteiger partial charge in [0.15, 0.2) is 0 Å². The summed E-state index contributed by atoms with van der Waals surface area (Å²) in [7, 11) is 0. The SMILES string of the molecule is O=C(CCCCCCCC(=O)N/N=C/c1ccccc1OC(=O)c1ccccc1)N/N=C/c1ccccc1OC(=O)c1ccccc1. The van der Waals surface area contributed by atoms with Crippen molar-refractivity contribution in [3.63, 3.8) is 0 Å². The van der Waals surface area contributed by atoms with E-state index in [0.29, 0.717) is 59.4 Å². The Balaban J connectivity index is 1.08. The Hall–Kier alpha value is -5.90. The molecule has 0 aromatic heterocycles. The van der Waals surface area contributed by atoms with Gasteiger partial charge in [-0.2, -0.15) is 10.2 Å². The predicted octanol–water partition coefficient (Wildman–Crippen LogP) is 6.46. The standard InChI is InChI=1S/C37H36N4O6/c42-34(40-38-26-30-20-12-14-22-32(30)46-36(44)28-16-6-4-7-17-28)24-10-2-1-3-11-25-35(43)41-39-27-31-21-13-15-23-33(31)47-37(45)29-18-8-5-9-19-29/h4-9,12-23,26-27H,1-3,10-11,24-25H2,(H,40,42)(H,41,43)/b38-26+,39-27+. The fourth-order valence-electron chi connectivity index (χ4n) is 4.39. The molecule has 0 saturated carbocycles. The van der Waals surface area contributed by atoms with Gasteiger partial charge in [0, 0.05) is 24.0 Å². The zero-order valence-corrected chi connectivity index (χ0v) is 25.8. The molecule has 2 amide bonds. The van der Waals surface area contributed by atoms with Crippen molar-refractivity contribution in [2.45, 2.75) is 44.9 Å². The number of nitrogens with one attached hydrogen (secondary N) is 2. The lowest BCUT2D eigenvalue weighted by molar-refractivity contribution is -0.121. The monoisotopic (exact) mass is 632 g/mol. The molecule has 0 spiro atoms. The number of carbonyl (C=O) groups excluding carboxylic acids is 4. The second kappa shape index (κ2) is 18.8. The molecule has 0 fully saturated rings. The number of para-hydroxylation sites is 2. The van der Waals surface area contributed by atoms with Crippen LogP contribution < -0.4 is 20.3 Å². The van der Waals surface area contributed by atoms with Crippen molar-refractivity contribution in [3.8, 4) is 11.5 Å². The quantitative estimate of drug-likeness (QED) is 0.0479. The molecule has 0 unspecified atom stereocenters. The van der Waals surface area contributed by atoms with Crippen LogP contribution in [0.4, 0.5) is 0 Å². The minimum Gasteiger partial charge on any atom is -0.422 e. The molecule has 0 aliphatic heterocycles. The highest BCUT2D eigenvalue weighted by Gasteiger charge is 2.12. The third-order valence-electron chi connectivity index (χ3n) is 6.86. The molecule has 0 aliphatic rings. The van der Waals surface area contributed by atoms with Crippen molar-refractivity contribution in [2.24, 2.45) is 10.2 Å². The van der Waals surface area contributed by atoms with E-state index >= 15 is 0 Å². The molecule has 2 N–H and O–H groups in total. The molecule has 4 aromatic carbocycles. The summed E-state index contributed by atoms with van der Waals surface area (Å²) in [6, 6.07) is 31.2. The van der Waals surface area contributed by atoms with E-state index in [0.717, 1.165) is 19.3 Å². The van der Waals surface area contributed by atoms with E-state index < -0.39 is 11.9 Å². The summed E-state index contributed by atoms with van der Waals surface area (Å²) in [5.41, 5.74) is 7.00. The van der Waals surface area contributed by atoms with Crippen LogP contribution in [0, 0.1) is 0 Å². The number of nitrogens with zero attached hydrogens (tertiary/aromatic N) is 2. The minimum atomic E-state index is -0.480. The largest absolute Gasteiger partial charge is 0.422 e. The van der Waals surface area contributed by atoms with Crippen LogP contribution in [0.2, 0.25) is 0 Å². The van der Waals surface area contributed by atoms with Gasteiger partial charge in [-0.25, -0.2) is 20.4 Å². The predicted molar refractivity (Wildman–Crippen MR) is 179 cm³/mol. The highest BCUT2D eigenvalue weighted by Crippen LogP contribution is 2.19. The molecule has 10 heteroatoms. The Morgan fingerprint density at radius 1 is 0.489 bits per heavy atom. The van der Waals surface area contributed by atoms with Crippen LogP contribution in [0.3, 0.4) is 0 Å². The lowest BCUT2D eigenvalue weighted by Gasteiger charge is -2.07. The number of esters is 2. The molecular weight excluding hydrogens is 596 g/mol. The zero-order valence-electron chi connectivity index (χ0n) is 25.8. The topological polar surface area (TPSA) is 136 Å². The van der Waals surface area contributed by atoms with Crippen molar-refractivity contribution >= 4 is 36.2 Å². The lowest BCUT2D eigenvalue weighted by Crippen LogP contribution is -2.17. The fourth-order valence-corrected chi connectivity index (χ4v) is 4.39. The van der Waals surface area contributed by atoms with E-state index in [1.165, 1.54) is 12.4 Å². The summed E-state index contributed by atoms with van der Waals surface area (Å²) in [6.07, 6.45) is 7.47. The van der Waals surface area contributed by atoms with Crippen molar-refractivity contribution in [3.05, 3.63) is 131 Å². The van der Waals surface area contributed by atoms with Crippen LogP contribution in [-0.4, -0.2) is 36.2 Å². The zero-order chi connectivity index (χ0) is 33.1. The summed E-state index contributed by atoms with van der Waals surface area (Å²) in [6.45, 7) is 0. The van der Waals surface area contributed by atoms with Gasteiger partial charge in [-0.1, -0.05) is 79.9 Å². The number of hydrogen-bond acceptors (Lipinski definition) is 8. The number of hydrazone groups is 2. The van der Waals surface area contributed by atoms with E-state index in [-0.39, 0.29) is 11.8 Å². The maximum absolute atomic E-state index is 12.4. The first-order valence-electron chi connectivity index (χ1n) is 15.4. The summed E-state index contributed by atoms with van der Waals surface area (Å²) in [5.74, 6) is -0.709. The van der Waals surface area contributed by atoms with Crippen molar-refractivity contribution in [2.75, 3.05) is 0 Å². The van der Waals surface area contributed by atoms with Gasteiger partial charge in [0.05, 0.1) is 23.6 Å². The number of unbranched alkanes of at least 4 members (excludes halogenated alkanes) is 4. The number of carbonyl (C=O) groups is 4. The van der Waals surface area contributed by atoms with E-state index in [1.54, 1.807) is 97.1 Å². The Kier molecular flexibility index (Phi) is 13.6. The summed E-state index contributed by atoms with van der Waals surface area (Å²) in [4.78, 5) is 49.2. The van der Waals surface area contributed by atoms with Gasteiger partial charge in [0.25, 0.3) is 0 Å². The normalized spacial score (nSPS) is 10.9. The van der Waals surface area contributed by atoms with Crippen LogP contribution in [0.25, 0.3) is 0 Å². The molecule has 0 heterocycles. The molecular formula is C37H36N4O6. The summed E-state index contributed by atoms with van der Waals surface area (Å²) >= 11 is 0. The second-order valence-electron chi connectivity index (χ2n) is 10.4. The summed E-state index contributed by atoms with van der Waals surface area (Å²) in [5, 5.41) is 8.02. The van der Waals surface area contributed by atoms with Gasteiger partial charge in [-0.05, 0) is 61.4 Å². The maximum atomic E-state index is 12.4. The molecule has 4 rings (SSSR count). The molecule has 0 saturated heterocycles. The van der Waals surface area contributed by atoms with Crippen LogP contribution in [0.1, 0.15) is 76.8 Å². The van der Waals surface area contributed by atoms with E-state index in [1.807, 2.05) is 12.1 Å². The van der Waals surface area contributed by atoms with Crippen molar-refractivity contribution in [1.82, 2.24) is 10.9 Å². The Labute approximate surface area is 273 Å². The van der Waals surface area contributed by atoms with Crippen LogP contribution >= 0.6 is 0 Å². The number of amides is 2. The van der Waals surface area contributed by atoms with Gasteiger partial charge in [0.1, 0.15) is 11.5 Å². The minimum absolute atomic E-state index is 0.214. The molecule has 0 atom stereocenters. The van der Waals surface area contributed by atoms with Gasteiger partial charge in [-0.15, -0.1) is 0 Å². The Bertz CT molecular complexity index is 1560. The molecule has 10 nitrogen and oxygen atoms in total. The second-order valence-corrected chi connectivity index (χ2v) is 10.4. The van der Waals surface area contributed by atoms with Gasteiger partial charge in [0.2, 0.25) is 11.8 Å². The maximum Gasteiger partial charge on any atom is 0.343 e. The molecule has 0 aliphatic carbocycles.